The number of nitrogens with one attached hydrogen (secondary N) is 1. The zero-order chi connectivity index (χ0) is 14.0. The molecule has 1 aromatic rings. The van der Waals surface area contributed by atoms with Crippen LogP contribution in [0.25, 0.3) is 0 Å². The molecule has 104 valence electrons. The topological polar surface area (TPSA) is 32.3 Å². The van der Waals surface area contributed by atoms with E-state index in [-0.39, 0.29) is 5.91 Å². The van der Waals surface area contributed by atoms with Gasteiger partial charge in [-0.2, -0.15) is 0 Å². The quantitative estimate of drug-likeness (QED) is 0.904. The molecule has 1 amide bonds. The van der Waals surface area contributed by atoms with E-state index >= 15 is 0 Å². The molecule has 1 aromatic carbocycles. The van der Waals surface area contributed by atoms with Crippen molar-refractivity contribution >= 4 is 5.91 Å². The minimum Gasteiger partial charge on any atom is -0.341 e. The number of benzene rings is 1. The van der Waals surface area contributed by atoms with Crippen molar-refractivity contribution in [1.29, 1.82) is 0 Å². The molecule has 0 aromatic heterocycles. The van der Waals surface area contributed by atoms with E-state index < -0.39 is 0 Å². The summed E-state index contributed by atoms with van der Waals surface area (Å²) in [7, 11) is 1.91. The molecule has 0 spiro atoms. The van der Waals surface area contributed by atoms with Crippen LogP contribution >= 0.6 is 0 Å². The van der Waals surface area contributed by atoms with Crippen molar-refractivity contribution in [2.45, 2.75) is 27.2 Å². The van der Waals surface area contributed by atoms with E-state index in [0.29, 0.717) is 5.92 Å². The van der Waals surface area contributed by atoms with E-state index in [1.807, 2.05) is 24.9 Å². The van der Waals surface area contributed by atoms with Crippen LogP contribution in [-0.2, 0) is 0 Å². The summed E-state index contributed by atoms with van der Waals surface area (Å²) in [6.07, 6.45) is 1.17. The molecule has 1 heterocycles. The van der Waals surface area contributed by atoms with Gasteiger partial charge in [0.05, 0.1) is 0 Å². The highest BCUT2D eigenvalue weighted by Crippen LogP contribution is 2.18. The van der Waals surface area contributed by atoms with Gasteiger partial charge in [-0.1, -0.05) is 6.07 Å². The van der Waals surface area contributed by atoms with Crippen LogP contribution in [0.5, 0.6) is 0 Å². The summed E-state index contributed by atoms with van der Waals surface area (Å²) in [4.78, 5) is 14.4. The summed E-state index contributed by atoms with van der Waals surface area (Å²) < 4.78 is 0. The zero-order valence-corrected chi connectivity index (χ0v) is 12.4. The van der Waals surface area contributed by atoms with Gasteiger partial charge in [0.1, 0.15) is 0 Å². The first-order valence-corrected chi connectivity index (χ1v) is 7.03. The SMILES string of the molecule is Cc1cc(C)c(C(=O)N(C)CC2CCNC2)cc1C. The Morgan fingerprint density at radius 1 is 1.26 bits per heavy atom. The first-order chi connectivity index (χ1) is 8.99. The molecule has 0 saturated carbocycles. The van der Waals surface area contributed by atoms with Crippen molar-refractivity contribution in [3.63, 3.8) is 0 Å². The van der Waals surface area contributed by atoms with Gasteiger partial charge < -0.3 is 10.2 Å². The highest BCUT2D eigenvalue weighted by Gasteiger charge is 2.21. The maximum absolute atomic E-state index is 12.5. The second-order valence-electron chi connectivity index (χ2n) is 5.80. The van der Waals surface area contributed by atoms with Crippen molar-refractivity contribution in [2.75, 3.05) is 26.7 Å². The summed E-state index contributed by atoms with van der Waals surface area (Å²) in [6.45, 7) is 9.12. The molecule has 3 nitrogen and oxygen atoms in total. The fraction of sp³-hybridized carbons (Fsp3) is 0.562. The molecule has 2 rings (SSSR count). The van der Waals surface area contributed by atoms with Crippen molar-refractivity contribution in [3.8, 4) is 0 Å². The van der Waals surface area contributed by atoms with Crippen LogP contribution < -0.4 is 5.32 Å². The standard InChI is InChI=1S/C16H24N2O/c1-11-7-13(3)15(8-12(11)2)16(19)18(4)10-14-5-6-17-9-14/h7-8,14,17H,5-6,9-10H2,1-4H3. The van der Waals surface area contributed by atoms with Crippen molar-refractivity contribution in [1.82, 2.24) is 10.2 Å². The number of hydrogen-bond acceptors (Lipinski definition) is 2. The Morgan fingerprint density at radius 3 is 2.58 bits per heavy atom. The minimum atomic E-state index is 0.146. The van der Waals surface area contributed by atoms with E-state index in [1.165, 1.54) is 17.5 Å². The van der Waals surface area contributed by atoms with Crippen LogP contribution in [0.4, 0.5) is 0 Å². The molecule has 1 unspecified atom stereocenters. The predicted octanol–water partition coefficient (Wildman–Crippen LogP) is 2.29. The number of aryl methyl sites for hydroxylation is 3. The Balaban J connectivity index is 2.12. The Hall–Kier alpha value is -1.35. The molecular weight excluding hydrogens is 236 g/mol. The second kappa shape index (κ2) is 5.74. The lowest BCUT2D eigenvalue weighted by molar-refractivity contribution is 0.0775. The smallest absolute Gasteiger partial charge is 0.253 e. The molecule has 3 heteroatoms. The third kappa shape index (κ3) is 3.16. The first-order valence-electron chi connectivity index (χ1n) is 7.03. The molecule has 0 bridgehead atoms. The van der Waals surface area contributed by atoms with Crippen molar-refractivity contribution < 1.29 is 4.79 Å². The highest BCUT2D eigenvalue weighted by molar-refractivity contribution is 5.95. The molecule has 0 radical (unpaired) electrons. The van der Waals surface area contributed by atoms with Gasteiger partial charge in [0.15, 0.2) is 0 Å². The Morgan fingerprint density at radius 2 is 1.95 bits per heavy atom. The lowest BCUT2D eigenvalue weighted by Gasteiger charge is -2.22. The van der Waals surface area contributed by atoms with Crippen LogP contribution in [0, 0.1) is 26.7 Å². The second-order valence-corrected chi connectivity index (χ2v) is 5.80. The molecule has 1 saturated heterocycles. The van der Waals surface area contributed by atoms with Crippen LogP contribution in [-0.4, -0.2) is 37.5 Å². The summed E-state index contributed by atoms with van der Waals surface area (Å²) >= 11 is 0. The number of hydrogen-bond donors (Lipinski definition) is 1. The van der Waals surface area contributed by atoms with Gasteiger partial charge in [0, 0.05) is 19.2 Å². The largest absolute Gasteiger partial charge is 0.341 e. The zero-order valence-electron chi connectivity index (χ0n) is 12.4. The normalized spacial score (nSPS) is 18.6. The van der Waals surface area contributed by atoms with Gasteiger partial charge in [0.2, 0.25) is 0 Å². The van der Waals surface area contributed by atoms with Crippen molar-refractivity contribution in [2.24, 2.45) is 5.92 Å². The monoisotopic (exact) mass is 260 g/mol. The molecule has 1 aliphatic heterocycles. The van der Waals surface area contributed by atoms with E-state index in [9.17, 15) is 4.79 Å². The van der Waals surface area contributed by atoms with Crippen LogP contribution in [0.3, 0.4) is 0 Å². The summed E-state index contributed by atoms with van der Waals surface area (Å²) in [5, 5.41) is 3.35. The predicted molar refractivity (Wildman–Crippen MR) is 78.6 cm³/mol. The summed E-state index contributed by atoms with van der Waals surface area (Å²) in [5.74, 6) is 0.744. The van der Waals surface area contributed by atoms with E-state index in [2.05, 4.69) is 25.2 Å². The summed E-state index contributed by atoms with van der Waals surface area (Å²) in [5.41, 5.74) is 4.35. The first kappa shape index (κ1) is 14.1. The van der Waals surface area contributed by atoms with E-state index in [0.717, 1.165) is 30.8 Å². The maximum Gasteiger partial charge on any atom is 0.253 e. The van der Waals surface area contributed by atoms with Gasteiger partial charge in [-0.05, 0) is 69.0 Å². The van der Waals surface area contributed by atoms with E-state index in [4.69, 9.17) is 0 Å². The highest BCUT2D eigenvalue weighted by atomic mass is 16.2. The molecule has 1 atom stereocenters. The average Bonchev–Trinajstić information content (AvgIpc) is 2.85. The average molecular weight is 260 g/mol. The number of carbonyl (C=O) groups is 1. The van der Waals surface area contributed by atoms with Crippen LogP contribution in [0.15, 0.2) is 12.1 Å². The lowest BCUT2D eigenvalue weighted by atomic mass is 9.99. The van der Waals surface area contributed by atoms with Crippen LogP contribution in [0.1, 0.15) is 33.5 Å². The van der Waals surface area contributed by atoms with Gasteiger partial charge in [-0.3, -0.25) is 4.79 Å². The van der Waals surface area contributed by atoms with Crippen molar-refractivity contribution in [3.05, 3.63) is 34.4 Å². The molecule has 1 fully saturated rings. The fourth-order valence-electron chi connectivity index (χ4n) is 2.74. The number of carbonyl (C=O) groups excluding carboxylic acids is 1. The number of nitrogens with zero attached hydrogens (tertiary/aromatic N) is 1. The number of rotatable bonds is 3. The molecule has 0 aliphatic carbocycles. The van der Waals surface area contributed by atoms with E-state index in [1.54, 1.807) is 0 Å². The van der Waals surface area contributed by atoms with Gasteiger partial charge in [-0.25, -0.2) is 0 Å². The third-order valence-corrected chi connectivity index (χ3v) is 4.11. The minimum absolute atomic E-state index is 0.146. The molecular formula is C16H24N2O. The molecule has 1 N–H and O–H groups in total. The van der Waals surface area contributed by atoms with Gasteiger partial charge >= 0.3 is 0 Å². The Kier molecular flexibility index (Phi) is 4.25. The molecule has 1 aliphatic rings. The van der Waals surface area contributed by atoms with Gasteiger partial charge in [-0.15, -0.1) is 0 Å². The summed E-state index contributed by atoms with van der Waals surface area (Å²) in [6, 6.07) is 4.13. The lowest BCUT2D eigenvalue weighted by Crippen LogP contribution is -2.33. The fourth-order valence-corrected chi connectivity index (χ4v) is 2.74. The number of amides is 1. The molecule has 19 heavy (non-hydrogen) atoms. The Labute approximate surface area is 116 Å². The van der Waals surface area contributed by atoms with Gasteiger partial charge in [0.25, 0.3) is 5.91 Å². The maximum atomic E-state index is 12.5. The third-order valence-electron chi connectivity index (χ3n) is 4.11. The van der Waals surface area contributed by atoms with Crippen LogP contribution in [0.2, 0.25) is 0 Å². The Bertz CT molecular complexity index is 476.